The van der Waals surface area contributed by atoms with Gasteiger partial charge in [0.15, 0.2) is 5.13 Å². The molecule has 0 radical (unpaired) electrons. The molecule has 0 amide bonds. The van der Waals surface area contributed by atoms with E-state index in [-0.39, 0.29) is 0 Å². The number of hydrogen-bond donors (Lipinski definition) is 0. The molecule has 0 bridgehead atoms. The van der Waals surface area contributed by atoms with E-state index in [4.69, 9.17) is 0 Å². The summed E-state index contributed by atoms with van der Waals surface area (Å²) in [6.45, 7) is 3.88. The van der Waals surface area contributed by atoms with E-state index in [1.165, 1.54) is 11.3 Å². The first-order valence-corrected chi connectivity index (χ1v) is 11.0. The highest BCUT2D eigenvalue weighted by atomic mass is 32.1. The van der Waals surface area contributed by atoms with Crippen molar-refractivity contribution in [1.29, 1.82) is 0 Å². The van der Waals surface area contributed by atoms with Crippen molar-refractivity contribution in [2.75, 3.05) is 13.1 Å². The molecule has 3 aromatic heterocycles. The summed E-state index contributed by atoms with van der Waals surface area (Å²) in [5.74, 6) is 2.22. The first kappa shape index (κ1) is 18.3. The Morgan fingerprint density at radius 2 is 1.86 bits per heavy atom. The van der Waals surface area contributed by atoms with Gasteiger partial charge in [-0.2, -0.15) is 0 Å². The smallest absolute Gasteiger partial charge is 0.193 e. The number of thiazole rings is 1. The second-order valence-electron chi connectivity index (χ2n) is 7.38. The van der Waals surface area contributed by atoms with Crippen molar-refractivity contribution in [3.05, 3.63) is 83.1 Å². The Balaban J connectivity index is 1.25. The van der Waals surface area contributed by atoms with Crippen molar-refractivity contribution in [3.63, 3.8) is 0 Å². The van der Waals surface area contributed by atoms with E-state index in [1.807, 2.05) is 11.6 Å². The van der Waals surface area contributed by atoms with Crippen molar-refractivity contribution in [2.24, 2.45) is 0 Å². The van der Waals surface area contributed by atoms with Crippen LogP contribution >= 0.6 is 11.3 Å². The third kappa shape index (κ3) is 4.02. The summed E-state index contributed by atoms with van der Waals surface area (Å²) in [5.41, 5.74) is 2.63. The van der Waals surface area contributed by atoms with Crippen LogP contribution in [0.1, 0.15) is 22.9 Å². The van der Waals surface area contributed by atoms with Gasteiger partial charge < -0.3 is 4.57 Å². The van der Waals surface area contributed by atoms with Gasteiger partial charge in [-0.3, -0.25) is 9.47 Å². The van der Waals surface area contributed by atoms with Gasteiger partial charge >= 0.3 is 0 Å². The van der Waals surface area contributed by atoms with Gasteiger partial charge in [-0.05, 0) is 24.1 Å². The molecule has 1 aromatic carbocycles. The third-order valence-electron chi connectivity index (χ3n) is 5.52. The highest BCUT2D eigenvalue weighted by Gasteiger charge is 2.19. The molecule has 7 heteroatoms. The molecule has 4 heterocycles. The van der Waals surface area contributed by atoms with Gasteiger partial charge in [-0.1, -0.05) is 30.3 Å². The maximum atomic E-state index is 4.49. The van der Waals surface area contributed by atoms with E-state index in [9.17, 15) is 0 Å². The van der Waals surface area contributed by atoms with Gasteiger partial charge in [0.1, 0.15) is 11.6 Å². The molecule has 1 aliphatic heterocycles. The molecule has 0 fully saturated rings. The fourth-order valence-electron chi connectivity index (χ4n) is 3.97. The van der Waals surface area contributed by atoms with E-state index < -0.39 is 0 Å². The van der Waals surface area contributed by atoms with E-state index in [2.05, 4.69) is 77.9 Å². The number of fused-ring (bicyclic) bond motifs is 1. The lowest BCUT2D eigenvalue weighted by Crippen LogP contribution is -2.27. The average Bonchev–Trinajstić information content (AvgIpc) is 3.48. The summed E-state index contributed by atoms with van der Waals surface area (Å²) >= 11 is 1.67. The minimum Gasteiger partial charge on any atom is -0.314 e. The average molecular weight is 405 g/mol. The second kappa shape index (κ2) is 8.31. The summed E-state index contributed by atoms with van der Waals surface area (Å²) in [4.78, 5) is 6.96. The van der Waals surface area contributed by atoms with Crippen LogP contribution < -0.4 is 0 Å². The molecular formula is C22H24N6S. The van der Waals surface area contributed by atoms with E-state index in [0.717, 1.165) is 62.2 Å². The number of benzene rings is 1. The van der Waals surface area contributed by atoms with E-state index >= 15 is 0 Å². The molecule has 0 saturated heterocycles. The number of nitrogens with zero attached hydrogens (tertiary/aromatic N) is 6. The predicted molar refractivity (Wildman–Crippen MR) is 114 cm³/mol. The zero-order chi connectivity index (χ0) is 19.5. The Labute approximate surface area is 174 Å². The van der Waals surface area contributed by atoms with Crippen LogP contribution in [0.15, 0.2) is 60.2 Å². The standard InChI is InChI=1S/C22H24N6S/c1-2-5-18(6-3-1)8-9-20-24-25-21-10-13-26(14-15-28(20)21)17-19-7-4-12-27(19)22-23-11-16-29-22/h1-7,11-12,16H,8-10,13-15,17H2. The summed E-state index contributed by atoms with van der Waals surface area (Å²) in [6, 6.07) is 14.9. The largest absolute Gasteiger partial charge is 0.314 e. The molecule has 0 atom stereocenters. The Hall–Kier alpha value is -2.77. The lowest BCUT2D eigenvalue weighted by atomic mass is 10.1. The summed E-state index contributed by atoms with van der Waals surface area (Å²) in [6.07, 6.45) is 6.84. The maximum absolute atomic E-state index is 4.49. The number of hydrogen-bond acceptors (Lipinski definition) is 5. The Morgan fingerprint density at radius 3 is 2.72 bits per heavy atom. The minimum atomic E-state index is 0.921. The van der Waals surface area contributed by atoms with Crippen LogP contribution in [0, 0.1) is 0 Å². The zero-order valence-electron chi connectivity index (χ0n) is 16.3. The van der Waals surface area contributed by atoms with Gasteiger partial charge in [-0.25, -0.2) is 4.98 Å². The highest BCUT2D eigenvalue weighted by molar-refractivity contribution is 7.12. The monoisotopic (exact) mass is 404 g/mol. The van der Waals surface area contributed by atoms with Crippen LogP contribution in [-0.4, -0.2) is 42.3 Å². The number of aromatic nitrogens is 5. The summed E-state index contributed by atoms with van der Waals surface area (Å²) < 4.78 is 4.53. The quantitative estimate of drug-likeness (QED) is 0.494. The Kier molecular flexibility index (Phi) is 5.23. The topological polar surface area (TPSA) is 51.8 Å². The molecule has 148 valence electrons. The highest BCUT2D eigenvalue weighted by Crippen LogP contribution is 2.18. The molecule has 0 N–H and O–H groups in total. The molecule has 6 nitrogen and oxygen atoms in total. The summed E-state index contributed by atoms with van der Waals surface area (Å²) in [7, 11) is 0. The van der Waals surface area contributed by atoms with Crippen molar-refractivity contribution in [1.82, 2.24) is 29.2 Å². The van der Waals surface area contributed by atoms with E-state index in [1.54, 1.807) is 11.3 Å². The number of aryl methyl sites for hydroxylation is 2. The van der Waals surface area contributed by atoms with Crippen LogP contribution in [0.25, 0.3) is 5.13 Å². The van der Waals surface area contributed by atoms with Crippen molar-refractivity contribution in [2.45, 2.75) is 32.4 Å². The van der Waals surface area contributed by atoms with Crippen LogP contribution in [0.3, 0.4) is 0 Å². The fraction of sp³-hybridized carbons (Fsp3) is 0.318. The second-order valence-corrected chi connectivity index (χ2v) is 8.25. The predicted octanol–water partition coefficient (Wildman–Crippen LogP) is 3.37. The summed E-state index contributed by atoms with van der Waals surface area (Å²) in [5, 5.41) is 12.0. The van der Waals surface area contributed by atoms with Gasteiger partial charge in [0, 0.05) is 62.5 Å². The van der Waals surface area contributed by atoms with Crippen molar-refractivity contribution < 1.29 is 0 Å². The van der Waals surface area contributed by atoms with E-state index in [0.29, 0.717) is 0 Å². The number of rotatable bonds is 6. The van der Waals surface area contributed by atoms with Gasteiger partial charge in [-0.15, -0.1) is 21.5 Å². The molecule has 0 spiro atoms. The van der Waals surface area contributed by atoms with Crippen molar-refractivity contribution >= 4 is 11.3 Å². The fourth-order valence-corrected chi connectivity index (χ4v) is 4.62. The molecule has 0 aliphatic carbocycles. The van der Waals surface area contributed by atoms with Gasteiger partial charge in [0.25, 0.3) is 0 Å². The normalized spacial score (nSPS) is 14.6. The Bertz CT molecular complexity index is 1050. The lowest BCUT2D eigenvalue weighted by molar-refractivity contribution is 0.266. The molecular weight excluding hydrogens is 380 g/mol. The van der Waals surface area contributed by atoms with Crippen LogP contribution in [-0.2, 0) is 32.4 Å². The van der Waals surface area contributed by atoms with Crippen LogP contribution in [0.5, 0.6) is 0 Å². The molecule has 1 aliphatic rings. The molecule has 29 heavy (non-hydrogen) atoms. The first-order chi connectivity index (χ1) is 14.4. The molecule has 5 rings (SSSR count). The minimum absolute atomic E-state index is 0.921. The third-order valence-corrected chi connectivity index (χ3v) is 6.29. The first-order valence-electron chi connectivity index (χ1n) is 10.1. The zero-order valence-corrected chi connectivity index (χ0v) is 17.1. The molecule has 0 saturated carbocycles. The Morgan fingerprint density at radius 1 is 0.931 bits per heavy atom. The molecule has 0 unspecified atom stereocenters. The van der Waals surface area contributed by atoms with Gasteiger partial charge in [0.2, 0.25) is 0 Å². The van der Waals surface area contributed by atoms with Crippen molar-refractivity contribution in [3.8, 4) is 5.13 Å². The SMILES string of the molecule is c1ccc(CCc2nnc3n2CCN(Cc2cccn2-c2nccs2)CC3)cc1. The van der Waals surface area contributed by atoms with Crippen LogP contribution in [0.4, 0.5) is 0 Å². The molecule has 4 aromatic rings. The lowest BCUT2D eigenvalue weighted by Gasteiger charge is -2.20. The maximum Gasteiger partial charge on any atom is 0.193 e. The van der Waals surface area contributed by atoms with Gasteiger partial charge in [0.05, 0.1) is 0 Å². The van der Waals surface area contributed by atoms with Crippen LogP contribution in [0.2, 0.25) is 0 Å².